The van der Waals surface area contributed by atoms with Crippen LogP contribution in [0.5, 0.6) is 11.5 Å². The summed E-state index contributed by atoms with van der Waals surface area (Å²) in [6.07, 6.45) is 2.19. The second kappa shape index (κ2) is 8.38. The van der Waals surface area contributed by atoms with Gasteiger partial charge in [0, 0.05) is 18.5 Å². The number of benzene rings is 2. The highest BCUT2D eigenvalue weighted by molar-refractivity contribution is 5.94. The number of amides is 2. The van der Waals surface area contributed by atoms with Gasteiger partial charge in [-0.2, -0.15) is 0 Å². The zero-order valence-electron chi connectivity index (χ0n) is 14.7. The number of rotatable bonds is 7. The van der Waals surface area contributed by atoms with Gasteiger partial charge in [-0.05, 0) is 48.7 Å². The van der Waals surface area contributed by atoms with Gasteiger partial charge in [0.25, 0.3) is 0 Å². The van der Waals surface area contributed by atoms with E-state index in [2.05, 4.69) is 10.6 Å². The Balaban J connectivity index is 1.44. The Morgan fingerprint density at radius 1 is 1.19 bits per heavy atom. The highest BCUT2D eigenvalue weighted by atomic mass is 16.5. The summed E-state index contributed by atoms with van der Waals surface area (Å²) in [7, 11) is 1.57. The van der Waals surface area contributed by atoms with Crippen LogP contribution in [0.1, 0.15) is 24.8 Å². The van der Waals surface area contributed by atoms with Crippen LogP contribution >= 0.6 is 0 Å². The van der Waals surface area contributed by atoms with E-state index >= 15 is 0 Å². The van der Waals surface area contributed by atoms with Crippen molar-refractivity contribution in [3.05, 3.63) is 48.0 Å². The van der Waals surface area contributed by atoms with Crippen molar-refractivity contribution in [2.45, 2.75) is 25.7 Å². The monoisotopic (exact) mass is 354 g/mol. The Bertz CT molecular complexity index is 804. The minimum Gasteiger partial charge on any atom is -0.495 e. The maximum absolute atomic E-state index is 12.1. The normalized spacial score (nSPS) is 12.7. The molecule has 2 N–H and O–H groups in total. The molecule has 0 radical (unpaired) electrons. The highest BCUT2D eigenvalue weighted by Crippen LogP contribution is 2.27. The molecule has 0 atom stereocenters. The lowest BCUT2D eigenvalue weighted by atomic mass is 10.0. The van der Waals surface area contributed by atoms with Crippen LogP contribution in [0.3, 0.4) is 0 Å². The number of methoxy groups -OCH3 is 1. The van der Waals surface area contributed by atoms with Crippen molar-refractivity contribution in [1.82, 2.24) is 0 Å². The number of hydrogen-bond acceptors (Lipinski definition) is 4. The first-order valence-corrected chi connectivity index (χ1v) is 8.64. The summed E-state index contributed by atoms with van der Waals surface area (Å²) in [6.45, 7) is 0.449. The lowest BCUT2D eigenvalue weighted by Gasteiger charge is -2.17. The quantitative estimate of drug-likeness (QED) is 0.748. The third kappa shape index (κ3) is 4.53. The highest BCUT2D eigenvalue weighted by Gasteiger charge is 2.15. The maximum Gasteiger partial charge on any atom is 0.224 e. The lowest BCUT2D eigenvalue weighted by molar-refractivity contribution is -0.117. The number of carbonyl (C=O) groups excluding carboxylic acids is 2. The minimum atomic E-state index is -0.0775. The lowest BCUT2D eigenvalue weighted by Crippen LogP contribution is -2.18. The molecule has 6 nitrogen and oxygen atoms in total. The molecule has 2 aromatic rings. The van der Waals surface area contributed by atoms with E-state index in [0.29, 0.717) is 37.3 Å². The van der Waals surface area contributed by atoms with Crippen LogP contribution in [0, 0.1) is 0 Å². The predicted octanol–water partition coefficient (Wildman–Crippen LogP) is 3.38. The molecule has 0 unspecified atom stereocenters. The standard InChI is InChI=1S/C20H22N2O4/c1-25-18-6-3-2-5-17(18)22-19(23)7-4-12-26-15-9-10-16-14(13-15)8-11-20(24)21-16/h2-3,5-6,9-10,13H,4,7-8,11-12H2,1H3,(H,21,24)(H,22,23). The van der Waals surface area contributed by atoms with E-state index in [9.17, 15) is 9.59 Å². The third-order valence-corrected chi connectivity index (χ3v) is 4.17. The second-order valence-corrected chi connectivity index (χ2v) is 6.07. The minimum absolute atomic E-state index is 0.0484. The van der Waals surface area contributed by atoms with Crippen LogP contribution in [-0.2, 0) is 16.0 Å². The Hall–Kier alpha value is -3.02. The fourth-order valence-electron chi connectivity index (χ4n) is 2.83. The molecule has 1 aliphatic rings. The van der Waals surface area contributed by atoms with Crippen molar-refractivity contribution in [2.24, 2.45) is 0 Å². The average molecular weight is 354 g/mol. The largest absolute Gasteiger partial charge is 0.495 e. The molecule has 0 saturated carbocycles. The molecule has 0 aromatic heterocycles. The SMILES string of the molecule is COc1ccccc1NC(=O)CCCOc1ccc2c(c1)CCC(=O)N2. The molecule has 136 valence electrons. The molecular weight excluding hydrogens is 332 g/mol. The molecular formula is C20H22N2O4. The first-order chi connectivity index (χ1) is 12.7. The zero-order chi connectivity index (χ0) is 18.4. The molecule has 0 fully saturated rings. The zero-order valence-corrected chi connectivity index (χ0v) is 14.7. The summed E-state index contributed by atoms with van der Waals surface area (Å²) in [5.74, 6) is 1.36. The van der Waals surface area contributed by atoms with Crippen molar-refractivity contribution in [2.75, 3.05) is 24.4 Å². The van der Waals surface area contributed by atoms with Crippen LogP contribution < -0.4 is 20.1 Å². The van der Waals surface area contributed by atoms with Gasteiger partial charge in [-0.15, -0.1) is 0 Å². The molecule has 0 aliphatic carbocycles. The molecule has 2 aromatic carbocycles. The van der Waals surface area contributed by atoms with Crippen LogP contribution in [0.15, 0.2) is 42.5 Å². The number of ether oxygens (including phenoxy) is 2. The average Bonchev–Trinajstić information content (AvgIpc) is 2.65. The fourth-order valence-corrected chi connectivity index (χ4v) is 2.83. The van der Waals surface area contributed by atoms with E-state index in [-0.39, 0.29) is 11.8 Å². The maximum atomic E-state index is 12.1. The number of carbonyl (C=O) groups is 2. The Labute approximate surface area is 152 Å². The Morgan fingerprint density at radius 3 is 2.88 bits per heavy atom. The van der Waals surface area contributed by atoms with Gasteiger partial charge >= 0.3 is 0 Å². The van der Waals surface area contributed by atoms with Gasteiger partial charge in [0.1, 0.15) is 11.5 Å². The molecule has 0 bridgehead atoms. The summed E-state index contributed by atoms with van der Waals surface area (Å²) in [6, 6.07) is 12.9. The van der Waals surface area contributed by atoms with Crippen molar-refractivity contribution in [3.63, 3.8) is 0 Å². The number of aryl methyl sites for hydroxylation is 1. The van der Waals surface area contributed by atoms with Gasteiger partial charge in [0.05, 0.1) is 19.4 Å². The first kappa shape index (κ1) is 17.8. The molecule has 3 rings (SSSR count). The van der Waals surface area contributed by atoms with Gasteiger partial charge < -0.3 is 20.1 Å². The number of para-hydroxylation sites is 2. The third-order valence-electron chi connectivity index (χ3n) is 4.17. The molecule has 1 heterocycles. The van der Waals surface area contributed by atoms with E-state index in [0.717, 1.165) is 23.4 Å². The van der Waals surface area contributed by atoms with Crippen molar-refractivity contribution >= 4 is 23.2 Å². The fraction of sp³-hybridized carbons (Fsp3) is 0.300. The summed E-state index contributed by atoms with van der Waals surface area (Å²) in [5, 5.41) is 5.69. The van der Waals surface area contributed by atoms with Crippen molar-refractivity contribution in [1.29, 1.82) is 0 Å². The molecule has 2 amide bonds. The summed E-state index contributed by atoms with van der Waals surface area (Å²) < 4.78 is 10.9. The van der Waals surface area contributed by atoms with Crippen LogP contribution in [0.25, 0.3) is 0 Å². The van der Waals surface area contributed by atoms with Gasteiger partial charge in [0.15, 0.2) is 0 Å². The Kier molecular flexibility index (Phi) is 5.73. The van der Waals surface area contributed by atoms with E-state index in [1.165, 1.54) is 0 Å². The smallest absolute Gasteiger partial charge is 0.224 e. The number of anilines is 2. The summed E-state index contributed by atoms with van der Waals surface area (Å²) in [5.41, 5.74) is 2.60. The number of hydrogen-bond donors (Lipinski definition) is 2. The first-order valence-electron chi connectivity index (χ1n) is 8.64. The van der Waals surface area contributed by atoms with Crippen molar-refractivity contribution in [3.8, 4) is 11.5 Å². The van der Waals surface area contributed by atoms with E-state index in [1.807, 2.05) is 30.3 Å². The van der Waals surface area contributed by atoms with E-state index < -0.39 is 0 Å². The van der Waals surface area contributed by atoms with Gasteiger partial charge in [-0.3, -0.25) is 9.59 Å². The topological polar surface area (TPSA) is 76.7 Å². The van der Waals surface area contributed by atoms with Crippen LogP contribution in [0.4, 0.5) is 11.4 Å². The van der Waals surface area contributed by atoms with Crippen LogP contribution in [0.2, 0.25) is 0 Å². The van der Waals surface area contributed by atoms with E-state index in [1.54, 1.807) is 19.2 Å². The molecule has 1 aliphatic heterocycles. The molecule has 0 spiro atoms. The molecule has 0 saturated heterocycles. The van der Waals surface area contributed by atoms with E-state index in [4.69, 9.17) is 9.47 Å². The van der Waals surface area contributed by atoms with Gasteiger partial charge in [-0.25, -0.2) is 0 Å². The molecule has 6 heteroatoms. The number of nitrogens with one attached hydrogen (secondary N) is 2. The number of fused-ring (bicyclic) bond motifs is 1. The van der Waals surface area contributed by atoms with Gasteiger partial charge in [0.2, 0.25) is 11.8 Å². The summed E-state index contributed by atoms with van der Waals surface area (Å²) in [4.78, 5) is 23.4. The summed E-state index contributed by atoms with van der Waals surface area (Å²) >= 11 is 0. The predicted molar refractivity (Wildman–Crippen MR) is 99.7 cm³/mol. The van der Waals surface area contributed by atoms with Crippen LogP contribution in [-0.4, -0.2) is 25.5 Å². The van der Waals surface area contributed by atoms with Crippen molar-refractivity contribution < 1.29 is 19.1 Å². The molecule has 26 heavy (non-hydrogen) atoms. The second-order valence-electron chi connectivity index (χ2n) is 6.07. The van der Waals surface area contributed by atoms with Gasteiger partial charge in [-0.1, -0.05) is 12.1 Å². The Morgan fingerprint density at radius 2 is 2.04 bits per heavy atom.